The maximum absolute atomic E-state index is 12.6. The lowest BCUT2D eigenvalue weighted by Crippen LogP contribution is -1.95. The first-order chi connectivity index (χ1) is 7.41. The van der Waals surface area contributed by atoms with Gasteiger partial charge in [0.2, 0.25) is 0 Å². The van der Waals surface area contributed by atoms with E-state index in [0.717, 1.165) is 18.5 Å². The van der Waals surface area contributed by atoms with Crippen molar-refractivity contribution in [3.05, 3.63) is 24.0 Å². The van der Waals surface area contributed by atoms with Gasteiger partial charge in [-0.15, -0.1) is 0 Å². The van der Waals surface area contributed by atoms with Crippen LogP contribution < -0.4 is 0 Å². The van der Waals surface area contributed by atoms with Crippen LogP contribution in [0.2, 0.25) is 0 Å². The smallest absolute Gasteiger partial charge is 0.266 e. The van der Waals surface area contributed by atoms with E-state index in [1.54, 1.807) is 0 Å². The van der Waals surface area contributed by atoms with Gasteiger partial charge < -0.3 is 4.98 Å². The molecule has 1 aromatic heterocycles. The normalized spacial score (nSPS) is 12.5. The monoisotopic (exact) mass is 266 g/mol. The molecule has 1 N–H and O–H groups in total. The highest BCUT2D eigenvalue weighted by Gasteiger charge is 2.21. The van der Waals surface area contributed by atoms with Gasteiger partial charge in [0.1, 0.15) is 4.90 Å². The van der Waals surface area contributed by atoms with Gasteiger partial charge in [-0.05, 0) is 12.1 Å². The first-order valence-electron chi connectivity index (χ1n) is 4.10. The fraction of sp³-hybridized carbons (Fsp3) is 0.125. The summed E-state index contributed by atoms with van der Waals surface area (Å²) in [4.78, 5) is 5.88. The number of imidazole rings is 1. The summed E-state index contributed by atoms with van der Waals surface area (Å²) in [6, 6.07) is 2.04. The highest BCUT2D eigenvalue weighted by atomic mass is 35.7. The van der Waals surface area contributed by atoms with Crippen molar-refractivity contribution in [2.75, 3.05) is 0 Å². The van der Waals surface area contributed by atoms with Crippen LogP contribution in [-0.2, 0) is 9.05 Å². The van der Waals surface area contributed by atoms with Gasteiger partial charge in [0.05, 0.1) is 17.4 Å². The zero-order chi connectivity index (χ0) is 11.9. The maximum atomic E-state index is 12.6. The Morgan fingerprint density at radius 3 is 2.62 bits per heavy atom. The number of nitrogens with zero attached hydrogens (tertiary/aromatic N) is 1. The van der Waals surface area contributed by atoms with Crippen LogP contribution in [0, 0.1) is 0 Å². The van der Waals surface area contributed by atoms with Crippen LogP contribution in [0.25, 0.3) is 11.0 Å². The van der Waals surface area contributed by atoms with Gasteiger partial charge in [-0.25, -0.2) is 22.2 Å². The minimum absolute atomic E-state index is 0.00667. The third-order valence-electron chi connectivity index (χ3n) is 2.07. The second kappa shape index (κ2) is 3.67. The molecule has 0 radical (unpaired) electrons. The van der Waals surface area contributed by atoms with E-state index in [-0.39, 0.29) is 21.5 Å². The van der Waals surface area contributed by atoms with Crippen molar-refractivity contribution in [2.24, 2.45) is 0 Å². The summed E-state index contributed by atoms with van der Waals surface area (Å²) in [5, 5.41) is 0. The van der Waals surface area contributed by atoms with Gasteiger partial charge >= 0.3 is 0 Å². The Morgan fingerprint density at radius 1 is 1.38 bits per heavy atom. The lowest BCUT2D eigenvalue weighted by Gasteiger charge is -2.03. The van der Waals surface area contributed by atoms with Gasteiger partial charge in [-0.1, -0.05) is 0 Å². The van der Waals surface area contributed by atoms with E-state index in [4.69, 9.17) is 10.7 Å². The van der Waals surface area contributed by atoms with Crippen LogP contribution in [0.5, 0.6) is 0 Å². The number of rotatable bonds is 2. The highest BCUT2D eigenvalue weighted by Crippen LogP contribution is 2.30. The minimum Gasteiger partial charge on any atom is -0.343 e. The van der Waals surface area contributed by atoms with Crippen LogP contribution in [0.4, 0.5) is 8.78 Å². The summed E-state index contributed by atoms with van der Waals surface area (Å²) in [5.41, 5.74) is -0.426. The molecule has 0 unspecified atom stereocenters. The van der Waals surface area contributed by atoms with E-state index in [0.29, 0.717) is 0 Å². The van der Waals surface area contributed by atoms with Crippen LogP contribution in [0.15, 0.2) is 23.4 Å². The molecule has 0 atom stereocenters. The summed E-state index contributed by atoms with van der Waals surface area (Å²) in [7, 11) is 1.18. The highest BCUT2D eigenvalue weighted by molar-refractivity contribution is 8.14. The average molecular weight is 267 g/mol. The molecule has 0 saturated heterocycles. The Bertz CT molecular complexity index is 639. The number of aromatic amines is 1. The predicted octanol–water partition coefficient (Wildman–Crippen LogP) is 2.43. The van der Waals surface area contributed by atoms with Crippen molar-refractivity contribution in [1.29, 1.82) is 0 Å². The van der Waals surface area contributed by atoms with E-state index in [2.05, 4.69) is 9.97 Å². The van der Waals surface area contributed by atoms with Gasteiger partial charge in [0.25, 0.3) is 15.5 Å². The number of benzene rings is 1. The minimum atomic E-state index is -3.99. The first kappa shape index (κ1) is 11.3. The van der Waals surface area contributed by atoms with Crippen LogP contribution >= 0.6 is 10.7 Å². The van der Waals surface area contributed by atoms with Gasteiger partial charge in [-0.3, -0.25) is 0 Å². The summed E-state index contributed by atoms with van der Waals surface area (Å²) >= 11 is 0. The molecule has 0 aliphatic rings. The van der Waals surface area contributed by atoms with Crippen molar-refractivity contribution in [3.63, 3.8) is 0 Å². The number of H-pyrrole nitrogens is 1. The summed E-state index contributed by atoms with van der Waals surface area (Å²) in [6.07, 6.45) is -1.58. The summed E-state index contributed by atoms with van der Waals surface area (Å²) in [5.74, 6) is 0. The second-order valence-corrected chi connectivity index (χ2v) is 5.55. The summed E-state index contributed by atoms with van der Waals surface area (Å²) < 4.78 is 47.4. The molecule has 0 aliphatic heterocycles. The lowest BCUT2D eigenvalue weighted by atomic mass is 10.2. The standard InChI is InChI=1S/C8H5ClF2N2O2S/c9-16(14,15)5-2-1-4(8(10)11)6-7(5)13-3-12-6/h1-3,8H,(H,12,13). The Hall–Kier alpha value is -1.21. The molecule has 1 aromatic carbocycles. The summed E-state index contributed by atoms with van der Waals surface area (Å²) in [6.45, 7) is 0. The molecule has 2 rings (SSSR count). The second-order valence-electron chi connectivity index (χ2n) is 3.02. The van der Waals surface area contributed by atoms with Crippen LogP contribution in [0.3, 0.4) is 0 Å². The molecule has 0 bridgehead atoms. The van der Waals surface area contributed by atoms with Gasteiger partial charge in [0, 0.05) is 16.2 Å². The zero-order valence-electron chi connectivity index (χ0n) is 7.62. The first-order valence-corrected chi connectivity index (χ1v) is 6.41. The Morgan fingerprint density at radius 2 is 2.06 bits per heavy atom. The van der Waals surface area contributed by atoms with E-state index in [9.17, 15) is 17.2 Å². The molecular weight excluding hydrogens is 262 g/mol. The zero-order valence-corrected chi connectivity index (χ0v) is 9.19. The van der Waals surface area contributed by atoms with Crippen molar-refractivity contribution < 1.29 is 17.2 Å². The molecule has 2 aromatic rings. The number of alkyl halides is 2. The fourth-order valence-electron chi connectivity index (χ4n) is 1.41. The topological polar surface area (TPSA) is 62.8 Å². The van der Waals surface area contributed by atoms with Crippen molar-refractivity contribution >= 4 is 30.8 Å². The number of halogens is 3. The lowest BCUT2D eigenvalue weighted by molar-refractivity contribution is 0.153. The van der Waals surface area contributed by atoms with E-state index < -0.39 is 15.5 Å². The Kier molecular flexibility index (Phi) is 2.59. The SMILES string of the molecule is O=S(=O)(Cl)c1ccc(C(F)F)c2nc[nH]c12. The molecule has 0 fully saturated rings. The molecule has 1 heterocycles. The molecule has 4 nitrogen and oxygen atoms in total. The molecule has 0 amide bonds. The van der Waals surface area contributed by atoms with E-state index >= 15 is 0 Å². The quantitative estimate of drug-likeness (QED) is 0.849. The Balaban J connectivity index is 2.84. The average Bonchev–Trinajstić information content (AvgIpc) is 2.61. The molecule has 0 saturated carbocycles. The largest absolute Gasteiger partial charge is 0.343 e. The van der Waals surface area contributed by atoms with Gasteiger partial charge in [0.15, 0.2) is 0 Å². The number of fused-ring (bicyclic) bond motifs is 1. The predicted molar refractivity (Wildman–Crippen MR) is 54.1 cm³/mol. The molecular formula is C8H5ClF2N2O2S. The van der Waals surface area contributed by atoms with Crippen LogP contribution in [0.1, 0.15) is 12.0 Å². The Labute approximate surface area is 93.7 Å². The van der Waals surface area contributed by atoms with E-state index in [1.807, 2.05) is 0 Å². The van der Waals surface area contributed by atoms with Crippen LogP contribution in [-0.4, -0.2) is 18.4 Å². The molecule has 0 spiro atoms. The third-order valence-corrected chi connectivity index (χ3v) is 3.44. The number of aromatic nitrogens is 2. The van der Waals surface area contributed by atoms with Crippen molar-refractivity contribution in [1.82, 2.24) is 9.97 Å². The van der Waals surface area contributed by atoms with Crippen molar-refractivity contribution in [3.8, 4) is 0 Å². The number of nitrogens with one attached hydrogen (secondary N) is 1. The molecule has 8 heteroatoms. The molecule has 0 aliphatic carbocycles. The molecule has 86 valence electrons. The number of hydrogen-bond donors (Lipinski definition) is 1. The van der Waals surface area contributed by atoms with Gasteiger partial charge in [-0.2, -0.15) is 0 Å². The van der Waals surface area contributed by atoms with E-state index in [1.165, 1.54) is 0 Å². The van der Waals surface area contributed by atoms with Crippen molar-refractivity contribution in [2.45, 2.75) is 11.3 Å². The third kappa shape index (κ3) is 1.76. The molecule has 16 heavy (non-hydrogen) atoms. The maximum Gasteiger partial charge on any atom is 0.266 e. The fourth-order valence-corrected chi connectivity index (χ4v) is 2.42. The number of hydrogen-bond acceptors (Lipinski definition) is 3.